The predicted molar refractivity (Wildman–Crippen MR) is 131 cm³/mol. The first-order valence-electron chi connectivity index (χ1n) is 11.3. The van der Waals surface area contributed by atoms with E-state index in [1.807, 2.05) is 12.1 Å². The number of hydrogen-bond acceptors (Lipinski definition) is 8. The first kappa shape index (κ1) is 25.2. The third kappa shape index (κ3) is 5.34. The largest absolute Gasteiger partial charge is 0.485 e. The Balaban J connectivity index is 1.76. The molecule has 2 N–H and O–H groups in total. The van der Waals surface area contributed by atoms with Crippen molar-refractivity contribution in [2.24, 2.45) is 0 Å². The monoisotopic (exact) mass is 504 g/mol. The Hall–Kier alpha value is -3.89. The lowest BCUT2D eigenvalue weighted by Crippen LogP contribution is -2.51. The Morgan fingerprint density at radius 3 is 1.89 bits per heavy atom. The molecule has 184 valence electrons. The van der Waals surface area contributed by atoms with Gasteiger partial charge in [0.15, 0.2) is 9.84 Å². The van der Waals surface area contributed by atoms with Crippen LogP contribution in [0.3, 0.4) is 0 Å². The van der Waals surface area contributed by atoms with Crippen molar-refractivity contribution in [1.29, 1.82) is 10.5 Å². The fourth-order valence-corrected chi connectivity index (χ4v) is 6.30. The molecule has 1 saturated heterocycles. The molecule has 0 aromatic heterocycles. The average Bonchev–Trinajstić information content (AvgIpc) is 2.95. The van der Waals surface area contributed by atoms with Gasteiger partial charge < -0.3 is 19.7 Å². The van der Waals surface area contributed by atoms with Gasteiger partial charge >= 0.3 is 0 Å². The van der Waals surface area contributed by atoms with Crippen molar-refractivity contribution >= 4 is 9.84 Å². The van der Waals surface area contributed by atoms with Crippen molar-refractivity contribution in [3.8, 4) is 23.6 Å². The van der Waals surface area contributed by atoms with Crippen LogP contribution in [-0.4, -0.2) is 54.0 Å². The molecule has 4 rings (SSSR count). The summed E-state index contributed by atoms with van der Waals surface area (Å²) in [5.74, 6) is -0.415. The standard InChI is InChI=1S/C27H24N2O6S/c28-15-19-10-4-6-12-21(19)34-23-17-36(32,33)24(14-18-8-2-1-3-9-18)27(26(31)25(23)30)35-22-13-7-5-11-20(22)16-29/h1-13,23-27,30-31H,14,17H2/t23-,24+,25-,26+,27-/m0/s1. The van der Waals surface area contributed by atoms with E-state index in [1.165, 1.54) is 24.3 Å². The third-order valence-electron chi connectivity index (χ3n) is 6.13. The van der Waals surface area contributed by atoms with Crippen molar-refractivity contribution in [2.75, 3.05) is 5.75 Å². The number of ether oxygens (including phenoxy) is 2. The Kier molecular flexibility index (Phi) is 7.56. The average molecular weight is 505 g/mol. The molecule has 3 aromatic carbocycles. The number of sulfone groups is 1. The maximum absolute atomic E-state index is 13.7. The summed E-state index contributed by atoms with van der Waals surface area (Å²) in [6, 6.07) is 25.4. The number of benzene rings is 3. The highest BCUT2D eigenvalue weighted by atomic mass is 32.2. The highest BCUT2D eigenvalue weighted by Gasteiger charge is 2.50. The van der Waals surface area contributed by atoms with Gasteiger partial charge in [-0.3, -0.25) is 0 Å². The van der Waals surface area contributed by atoms with Crippen LogP contribution in [0.5, 0.6) is 11.5 Å². The summed E-state index contributed by atoms with van der Waals surface area (Å²) in [6.45, 7) is 0. The normalized spacial score (nSPS) is 25.1. The second-order valence-electron chi connectivity index (χ2n) is 8.49. The van der Waals surface area contributed by atoms with E-state index in [1.54, 1.807) is 54.6 Å². The molecule has 0 unspecified atom stereocenters. The van der Waals surface area contributed by atoms with Gasteiger partial charge in [0.25, 0.3) is 0 Å². The molecule has 0 amide bonds. The van der Waals surface area contributed by atoms with Crippen LogP contribution in [0.1, 0.15) is 16.7 Å². The van der Waals surface area contributed by atoms with Gasteiger partial charge in [-0.05, 0) is 36.2 Å². The molecule has 1 heterocycles. The van der Waals surface area contributed by atoms with Crippen LogP contribution in [0.4, 0.5) is 0 Å². The van der Waals surface area contributed by atoms with Gasteiger partial charge in [-0.15, -0.1) is 0 Å². The van der Waals surface area contributed by atoms with Crippen LogP contribution < -0.4 is 9.47 Å². The summed E-state index contributed by atoms with van der Waals surface area (Å²) in [4.78, 5) is 0. The van der Waals surface area contributed by atoms with Crippen molar-refractivity contribution < 1.29 is 28.1 Å². The van der Waals surface area contributed by atoms with Gasteiger partial charge in [-0.2, -0.15) is 10.5 Å². The lowest BCUT2D eigenvalue weighted by atomic mass is 9.97. The number of nitriles is 2. The topological polar surface area (TPSA) is 141 Å². The summed E-state index contributed by atoms with van der Waals surface area (Å²) in [6.07, 6.45) is -6.10. The third-order valence-corrected chi connectivity index (χ3v) is 8.28. The highest BCUT2D eigenvalue weighted by molar-refractivity contribution is 7.92. The minimum Gasteiger partial charge on any atom is -0.485 e. The molecule has 8 nitrogen and oxygen atoms in total. The molecule has 1 aliphatic heterocycles. The van der Waals surface area contributed by atoms with Crippen LogP contribution in [0.25, 0.3) is 0 Å². The number of aliphatic hydroxyl groups is 2. The first-order valence-corrected chi connectivity index (χ1v) is 13.0. The van der Waals surface area contributed by atoms with Crippen molar-refractivity contribution in [3.05, 3.63) is 95.6 Å². The molecule has 9 heteroatoms. The SMILES string of the molecule is N#Cc1ccccc1O[C@@H]1[C@H](O)[C@@H](O)[C@@H](Oc2ccccc2C#N)CS(=O)(=O)[C@@H]1Cc1ccccc1. The van der Waals surface area contributed by atoms with Gasteiger partial charge in [0.05, 0.1) is 16.9 Å². The van der Waals surface area contributed by atoms with E-state index in [0.717, 1.165) is 0 Å². The van der Waals surface area contributed by atoms with E-state index in [4.69, 9.17) is 9.47 Å². The zero-order chi connectivity index (χ0) is 25.7. The quantitative estimate of drug-likeness (QED) is 0.521. The number of rotatable bonds is 6. The first-order chi connectivity index (χ1) is 17.3. The van der Waals surface area contributed by atoms with E-state index in [9.17, 15) is 29.2 Å². The van der Waals surface area contributed by atoms with Crippen LogP contribution in [-0.2, 0) is 16.3 Å². The number of aliphatic hydroxyl groups excluding tert-OH is 2. The molecule has 36 heavy (non-hydrogen) atoms. The summed E-state index contributed by atoms with van der Waals surface area (Å²) >= 11 is 0. The molecule has 1 fully saturated rings. The van der Waals surface area contributed by atoms with Crippen molar-refractivity contribution in [2.45, 2.75) is 36.1 Å². The Bertz CT molecular complexity index is 1400. The fourth-order valence-electron chi connectivity index (χ4n) is 4.26. The summed E-state index contributed by atoms with van der Waals surface area (Å²) in [5, 5.41) is 39.9. The Morgan fingerprint density at radius 1 is 0.778 bits per heavy atom. The number of para-hydroxylation sites is 2. The summed E-state index contributed by atoms with van der Waals surface area (Å²) in [5.41, 5.74) is 1.02. The van der Waals surface area contributed by atoms with Gasteiger partial charge in [0.1, 0.15) is 53.3 Å². The molecular weight excluding hydrogens is 480 g/mol. The number of hydrogen-bond donors (Lipinski definition) is 2. The highest BCUT2D eigenvalue weighted by Crippen LogP contribution is 2.31. The molecule has 0 saturated carbocycles. The van der Waals surface area contributed by atoms with Crippen LogP contribution in [0.15, 0.2) is 78.9 Å². The van der Waals surface area contributed by atoms with Gasteiger partial charge in [0, 0.05) is 0 Å². The Morgan fingerprint density at radius 2 is 1.31 bits per heavy atom. The lowest BCUT2D eigenvalue weighted by Gasteiger charge is -2.31. The zero-order valence-electron chi connectivity index (χ0n) is 19.1. The van der Waals surface area contributed by atoms with E-state index in [0.29, 0.717) is 5.56 Å². The minimum absolute atomic E-state index is 0.00778. The van der Waals surface area contributed by atoms with Crippen molar-refractivity contribution in [3.63, 3.8) is 0 Å². The summed E-state index contributed by atoms with van der Waals surface area (Å²) < 4.78 is 39.2. The molecule has 3 aromatic rings. The van der Waals surface area contributed by atoms with Gasteiger partial charge in [-0.25, -0.2) is 8.42 Å². The molecular formula is C27H24N2O6S. The van der Waals surface area contributed by atoms with Crippen LogP contribution >= 0.6 is 0 Å². The minimum atomic E-state index is -4.04. The van der Waals surface area contributed by atoms with Gasteiger partial charge in [-0.1, -0.05) is 54.6 Å². The Labute approximate surface area is 209 Å². The second-order valence-corrected chi connectivity index (χ2v) is 10.8. The zero-order valence-corrected chi connectivity index (χ0v) is 20.0. The maximum atomic E-state index is 13.7. The lowest BCUT2D eigenvalue weighted by molar-refractivity contribution is -0.0823. The van der Waals surface area contributed by atoms with E-state index < -0.39 is 45.3 Å². The predicted octanol–water partition coefficient (Wildman–Crippen LogP) is 2.39. The van der Waals surface area contributed by atoms with Gasteiger partial charge in [0.2, 0.25) is 0 Å². The fraction of sp³-hybridized carbons (Fsp3) is 0.259. The van der Waals surface area contributed by atoms with Crippen molar-refractivity contribution in [1.82, 2.24) is 0 Å². The molecule has 0 aliphatic carbocycles. The van der Waals surface area contributed by atoms with Crippen LogP contribution in [0.2, 0.25) is 0 Å². The smallest absolute Gasteiger partial charge is 0.160 e. The summed E-state index contributed by atoms with van der Waals surface area (Å²) in [7, 11) is -4.04. The van der Waals surface area contributed by atoms with E-state index >= 15 is 0 Å². The molecule has 0 bridgehead atoms. The maximum Gasteiger partial charge on any atom is 0.160 e. The van der Waals surface area contributed by atoms with Crippen LogP contribution in [0, 0.1) is 22.7 Å². The molecule has 1 aliphatic rings. The second kappa shape index (κ2) is 10.8. The molecule has 5 atom stereocenters. The van der Waals surface area contributed by atoms with E-state index in [-0.39, 0.29) is 29.0 Å². The van der Waals surface area contributed by atoms with E-state index in [2.05, 4.69) is 0 Å². The number of nitrogens with zero attached hydrogens (tertiary/aromatic N) is 2. The molecule has 0 spiro atoms. The molecule has 0 radical (unpaired) electrons.